The molecule has 0 aromatic rings. The molecular formula is C12H23ClN2O. The lowest BCUT2D eigenvalue weighted by molar-refractivity contribution is -0.134. The normalized spacial score (nSPS) is 37.1. The molecule has 2 rings (SSSR count). The van der Waals surface area contributed by atoms with Crippen LogP contribution < -0.4 is 5.73 Å². The molecule has 3 atom stereocenters. The summed E-state index contributed by atoms with van der Waals surface area (Å²) in [7, 11) is 0. The van der Waals surface area contributed by atoms with Gasteiger partial charge in [0.1, 0.15) is 0 Å². The minimum absolute atomic E-state index is 0. The summed E-state index contributed by atoms with van der Waals surface area (Å²) in [5.74, 6) is 0.655. The summed E-state index contributed by atoms with van der Waals surface area (Å²) in [6.07, 6.45) is 4.42. The number of amides is 1. The molecule has 0 bridgehead atoms. The second-order valence-electron chi connectivity index (χ2n) is 5.33. The predicted molar refractivity (Wildman–Crippen MR) is 67.5 cm³/mol. The molecule has 2 N–H and O–H groups in total. The average Bonchev–Trinajstić information content (AvgIpc) is 2.75. The van der Waals surface area contributed by atoms with Crippen LogP contribution in [0.3, 0.4) is 0 Å². The van der Waals surface area contributed by atoms with Crippen LogP contribution in [-0.4, -0.2) is 29.9 Å². The van der Waals surface area contributed by atoms with Gasteiger partial charge in [-0.25, -0.2) is 0 Å². The van der Waals surface area contributed by atoms with Gasteiger partial charge in [0.05, 0.1) is 0 Å². The highest BCUT2D eigenvalue weighted by Crippen LogP contribution is 2.55. The van der Waals surface area contributed by atoms with Crippen molar-refractivity contribution < 1.29 is 4.79 Å². The van der Waals surface area contributed by atoms with Crippen molar-refractivity contribution in [3.8, 4) is 0 Å². The van der Waals surface area contributed by atoms with E-state index in [9.17, 15) is 4.79 Å². The van der Waals surface area contributed by atoms with Crippen molar-refractivity contribution in [1.82, 2.24) is 4.90 Å². The Morgan fingerprint density at radius 2 is 2.25 bits per heavy atom. The van der Waals surface area contributed by atoms with Gasteiger partial charge in [0.2, 0.25) is 5.91 Å². The fourth-order valence-corrected chi connectivity index (χ4v) is 2.75. The Morgan fingerprint density at radius 1 is 1.56 bits per heavy atom. The molecule has 16 heavy (non-hydrogen) atoms. The van der Waals surface area contributed by atoms with Gasteiger partial charge in [-0.05, 0) is 31.1 Å². The van der Waals surface area contributed by atoms with Crippen LogP contribution in [0.15, 0.2) is 0 Å². The SMILES string of the molecule is CCC1(C)CC1C(=O)N1CCCC1CN.Cl. The summed E-state index contributed by atoms with van der Waals surface area (Å²) in [6, 6.07) is 0.319. The third-order valence-corrected chi connectivity index (χ3v) is 4.39. The van der Waals surface area contributed by atoms with Crippen molar-refractivity contribution >= 4 is 18.3 Å². The molecule has 1 aliphatic heterocycles. The number of halogens is 1. The van der Waals surface area contributed by atoms with Crippen molar-refractivity contribution in [2.75, 3.05) is 13.1 Å². The quantitative estimate of drug-likeness (QED) is 0.826. The van der Waals surface area contributed by atoms with Crippen LogP contribution in [0.25, 0.3) is 0 Å². The number of hydrogen-bond acceptors (Lipinski definition) is 2. The molecule has 94 valence electrons. The van der Waals surface area contributed by atoms with Crippen molar-refractivity contribution in [3.63, 3.8) is 0 Å². The van der Waals surface area contributed by atoms with Gasteiger partial charge in [-0.15, -0.1) is 12.4 Å². The zero-order chi connectivity index (χ0) is 11.1. The standard InChI is InChI=1S/C12H22N2O.ClH/c1-3-12(2)7-10(12)11(15)14-6-4-5-9(14)8-13;/h9-10H,3-8,13H2,1-2H3;1H. The molecule has 3 unspecified atom stereocenters. The molecule has 1 aliphatic carbocycles. The van der Waals surface area contributed by atoms with E-state index in [4.69, 9.17) is 5.73 Å². The predicted octanol–water partition coefficient (Wildman–Crippen LogP) is 1.79. The zero-order valence-corrected chi connectivity index (χ0v) is 11.1. The van der Waals surface area contributed by atoms with Gasteiger partial charge in [0, 0.05) is 25.0 Å². The Bertz CT molecular complexity index is 272. The Morgan fingerprint density at radius 3 is 2.75 bits per heavy atom. The number of nitrogens with zero attached hydrogens (tertiary/aromatic N) is 1. The van der Waals surface area contributed by atoms with Gasteiger partial charge >= 0.3 is 0 Å². The van der Waals surface area contributed by atoms with E-state index in [1.807, 2.05) is 4.90 Å². The second kappa shape index (κ2) is 4.92. The smallest absolute Gasteiger partial charge is 0.226 e. The van der Waals surface area contributed by atoms with Crippen LogP contribution >= 0.6 is 12.4 Å². The summed E-state index contributed by atoms with van der Waals surface area (Å²) in [6.45, 7) is 5.96. The first-order chi connectivity index (χ1) is 7.12. The van der Waals surface area contributed by atoms with Crippen LogP contribution in [0.5, 0.6) is 0 Å². The molecule has 0 spiro atoms. The fraction of sp³-hybridized carbons (Fsp3) is 0.917. The van der Waals surface area contributed by atoms with Crippen LogP contribution in [0.1, 0.15) is 39.5 Å². The Balaban J connectivity index is 0.00000128. The first-order valence-corrected chi connectivity index (χ1v) is 6.13. The molecule has 2 fully saturated rings. The summed E-state index contributed by atoms with van der Waals surface area (Å²) in [5.41, 5.74) is 5.98. The van der Waals surface area contributed by atoms with Crippen LogP contribution in [0.2, 0.25) is 0 Å². The largest absolute Gasteiger partial charge is 0.338 e. The highest BCUT2D eigenvalue weighted by Gasteiger charge is 2.54. The third kappa shape index (κ3) is 2.21. The first kappa shape index (κ1) is 13.8. The van der Waals surface area contributed by atoms with Crippen molar-refractivity contribution in [2.24, 2.45) is 17.1 Å². The minimum Gasteiger partial charge on any atom is -0.338 e. The van der Waals surface area contributed by atoms with E-state index >= 15 is 0 Å². The van der Waals surface area contributed by atoms with Crippen LogP contribution in [-0.2, 0) is 4.79 Å². The van der Waals surface area contributed by atoms with Crippen molar-refractivity contribution in [2.45, 2.75) is 45.6 Å². The van der Waals surface area contributed by atoms with E-state index in [0.717, 1.165) is 32.2 Å². The van der Waals surface area contributed by atoms with Gasteiger partial charge < -0.3 is 10.6 Å². The topological polar surface area (TPSA) is 46.3 Å². The Hall–Kier alpha value is -0.280. The number of rotatable bonds is 3. The molecule has 1 saturated carbocycles. The fourth-order valence-electron chi connectivity index (χ4n) is 2.75. The van der Waals surface area contributed by atoms with E-state index in [1.165, 1.54) is 0 Å². The average molecular weight is 247 g/mol. The third-order valence-electron chi connectivity index (χ3n) is 4.39. The molecular weight excluding hydrogens is 224 g/mol. The molecule has 1 saturated heterocycles. The molecule has 2 aliphatic rings. The molecule has 1 heterocycles. The van der Waals surface area contributed by atoms with Crippen molar-refractivity contribution in [1.29, 1.82) is 0 Å². The Labute approximate surface area is 104 Å². The lowest BCUT2D eigenvalue weighted by Crippen LogP contribution is -2.41. The van der Waals surface area contributed by atoms with E-state index in [1.54, 1.807) is 0 Å². The number of hydrogen-bond donors (Lipinski definition) is 1. The maximum absolute atomic E-state index is 12.2. The monoisotopic (exact) mass is 246 g/mol. The first-order valence-electron chi connectivity index (χ1n) is 6.13. The molecule has 0 aromatic carbocycles. The number of likely N-dealkylation sites (tertiary alicyclic amines) is 1. The van der Waals surface area contributed by atoms with Crippen LogP contribution in [0, 0.1) is 11.3 Å². The number of carbonyl (C=O) groups is 1. The van der Waals surface area contributed by atoms with Gasteiger partial charge in [-0.3, -0.25) is 4.79 Å². The van der Waals surface area contributed by atoms with Gasteiger partial charge in [0.15, 0.2) is 0 Å². The summed E-state index contributed by atoms with van der Waals surface area (Å²) >= 11 is 0. The zero-order valence-electron chi connectivity index (χ0n) is 10.2. The minimum atomic E-state index is 0. The summed E-state index contributed by atoms with van der Waals surface area (Å²) < 4.78 is 0. The molecule has 1 amide bonds. The second-order valence-corrected chi connectivity index (χ2v) is 5.33. The van der Waals surface area contributed by atoms with E-state index < -0.39 is 0 Å². The maximum atomic E-state index is 12.2. The number of carbonyl (C=O) groups excluding carboxylic acids is 1. The lowest BCUT2D eigenvalue weighted by atomic mass is 10.0. The van der Waals surface area contributed by atoms with E-state index in [2.05, 4.69) is 13.8 Å². The Kier molecular flexibility index (Phi) is 4.24. The van der Waals surface area contributed by atoms with E-state index in [0.29, 0.717) is 23.9 Å². The summed E-state index contributed by atoms with van der Waals surface area (Å²) in [5, 5.41) is 0. The number of nitrogens with two attached hydrogens (primary N) is 1. The molecule has 4 heteroatoms. The van der Waals surface area contributed by atoms with E-state index in [-0.39, 0.29) is 18.3 Å². The lowest BCUT2D eigenvalue weighted by Gasteiger charge is -2.24. The van der Waals surface area contributed by atoms with Gasteiger partial charge in [0.25, 0.3) is 0 Å². The molecule has 0 aromatic heterocycles. The van der Waals surface area contributed by atoms with Gasteiger partial charge in [-0.1, -0.05) is 13.8 Å². The van der Waals surface area contributed by atoms with Gasteiger partial charge in [-0.2, -0.15) is 0 Å². The highest BCUT2D eigenvalue weighted by atomic mass is 35.5. The highest BCUT2D eigenvalue weighted by molar-refractivity contribution is 5.85. The molecule has 3 nitrogen and oxygen atoms in total. The van der Waals surface area contributed by atoms with Crippen molar-refractivity contribution in [3.05, 3.63) is 0 Å². The maximum Gasteiger partial charge on any atom is 0.226 e. The van der Waals surface area contributed by atoms with Crippen LogP contribution in [0.4, 0.5) is 0 Å². The molecule has 0 radical (unpaired) electrons. The summed E-state index contributed by atoms with van der Waals surface area (Å²) in [4.78, 5) is 14.3.